The molecular formula is C53H47N3. The van der Waals surface area contributed by atoms with Crippen molar-refractivity contribution in [2.24, 2.45) is 0 Å². The molecule has 8 aromatic rings. The molecule has 0 unspecified atom stereocenters. The van der Waals surface area contributed by atoms with Crippen LogP contribution in [-0.2, 0) is 0 Å². The van der Waals surface area contributed by atoms with Crippen molar-refractivity contribution in [2.45, 2.75) is 47.5 Å². The van der Waals surface area contributed by atoms with Crippen molar-refractivity contribution in [2.75, 3.05) is 4.90 Å². The fourth-order valence-electron chi connectivity index (χ4n) is 8.53. The zero-order chi connectivity index (χ0) is 38.8. The average Bonchev–Trinajstić information content (AvgIpc) is 3.21. The van der Waals surface area contributed by atoms with Gasteiger partial charge in [-0.1, -0.05) is 139 Å². The molecule has 0 N–H and O–H groups in total. The van der Waals surface area contributed by atoms with Gasteiger partial charge in [-0.15, -0.1) is 0 Å². The summed E-state index contributed by atoms with van der Waals surface area (Å²) in [6, 6.07) is 58.7. The molecular weight excluding hydrogens is 679 g/mol. The van der Waals surface area contributed by atoms with Crippen molar-refractivity contribution in [3.63, 3.8) is 0 Å². The molecule has 0 saturated carbocycles. The van der Waals surface area contributed by atoms with Crippen molar-refractivity contribution in [1.29, 1.82) is 0 Å². The molecule has 0 bridgehead atoms. The number of hydrogen-bond donors (Lipinski definition) is 0. The van der Waals surface area contributed by atoms with Crippen LogP contribution in [0.15, 0.2) is 170 Å². The number of benzene rings is 7. The molecule has 0 saturated heterocycles. The van der Waals surface area contributed by atoms with Gasteiger partial charge < -0.3 is 0 Å². The summed E-state index contributed by atoms with van der Waals surface area (Å²) in [6.45, 7) is 13.4. The van der Waals surface area contributed by atoms with E-state index in [0.717, 1.165) is 44.9 Å². The van der Waals surface area contributed by atoms with Crippen LogP contribution in [-0.4, -0.2) is 9.97 Å². The first-order chi connectivity index (χ1) is 27.2. The Morgan fingerprint density at radius 3 is 1.32 bits per heavy atom. The summed E-state index contributed by atoms with van der Waals surface area (Å²) in [7, 11) is 0. The van der Waals surface area contributed by atoms with E-state index in [-0.39, 0.29) is 5.92 Å². The topological polar surface area (TPSA) is 29.0 Å². The first-order valence-electron chi connectivity index (χ1n) is 19.4. The standard InChI is InChI=1S/C53H47N3/c1-35-28-37(3)50(38(4)29-35)52(51-39(5)30-36(2)31-40(51)6)44-22-24-47(25-23-44)56(53-54-27-26-49(55-53)43-20-14-9-15-21-43)48-33-45(41-16-10-7-11-17-41)32-46(34-48)42-18-12-8-13-19-42/h7-34,52H,1-6H3. The van der Waals surface area contributed by atoms with Gasteiger partial charge in [0.25, 0.3) is 0 Å². The number of rotatable bonds is 9. The molecule has 1 heterocycles. The van der Waals surface area contributed by atoms with Gasteiger partial charge in [0.05, 0.1) is 11.4 Å². The van der Waals surface area contributed by atoms with Gasteiger partial charge in [-0.05, 0) is 139 Å². The van der Waals surface area contributed by atoms with Crippen molar-refractivity contribution in [3.8, 4) is 33.5 Å². The summed E-state index contributed by atoms with van der Waals surface area (Å²) in [5.74, 6) is 0.678. The van der Waals surface area contributed by atoms with Gasteiger partial charge in [0.2, 0.25) is 5.95 Å². The maximum Gasteiger partial charge on any atom is 0.235 e. The van der Waals surface area contributed by atoms with Gasteiger partial charge >= 0.3 is 0 Å². The van der Waals surface area contributed by atoms with Gasteiger partial charge in [-0.3, -0.25) is 4.90 Å². The molecule has 0 spiro atoms. The number of aryl methyl sites for hydroxylation is 6. The molecule has 0 radical (unpaired) electrons. The second-order valence-electron chi connectivity index (χ2n) is 15.1. The summed E-state index contributed by atoms with van der Waals surface area (Å²) in [5.41, 5.74) is 20.3. The molecule has 1 aromatic heterocycles. The summed E-state index contributed by atoms with van der Waals surface area (Å²) in [6.07, 6.45) is 1.87. The molecule has 0 aliphatic carbocycles. The highest BCUT2D eigenvalue weighted by atomic mass is 15.3. The van der Waals surface area contributed by atoms with Crippen LogP contribution >= 0.6 is 0 Å². The number of anilines is 3. The van der Waals surface area contributed by atoms with E-state index < -0.39 is 0 Å². The molecule has 7 aromatic carbocycles. The first kappa shape index (κ1) is 36.4. The van der Waals surface area contributed by atoms with Gasteiger partial charge in [-0.2, -0.15) is 0 Å². The summed E-state index contributed by atoms with van der Waals surface area (Å²) < 4.78 is 0. The third kappa shape index (κ3) is 7.41. The van der Waals surface area contributed by atoms with Gasteiger partial charge in [0.15, 0.2) is 0 Å². The van der Waals surface area contributed by atoms with E-state index in [0.29, 0.717) is 5.95 Å². The SMILES string of the molecule is Cc1cc(C)c(C(c2ccc(N(c3cc(-c4ccccc4)cc(-c4ccccc4)c3)c3nccc(-c4ccccc4)n3)cc2)c2c(C)cc(C)cc2C)c(C)c1. The van der Waals surface area contributed by atoms with Crippen LogP contribution in [0.3, 0.4) is 0 Å². The third-order valence-electron chi connectivity index (χ3n) is 10.8. The smallest absolute Gasteiger partial charge is 0.235 e. The van der Waals surface area contributed by atoms with Crippen LogP contribution < -0.4 is 4.90 Å². The lowest BCUT2D eigenvalue weighted by molar-refractivity contribution is 0.919. The minimum absolute atomic E-state index is 0.0717. The maximum absolute atomic E-state index is 5.23. The monoisotopic (exact) mass is 725 g/mol. The Hall–Kier alpha value is -6.58. The van der Waals surface area contributed by atoms with E-state index >= 15 is 0 Å². The summed E-state index contributed by atoms with van der Waals surface area (Å²) in [5, 5.41) is 0. The van der Waals surface area contributed by atoms with E-state index in [9.17, 15) is 0 Å². The van der Waals surface area contributed by atoms with E-state index in [2.05, 4.69) is 198 Å². The van der Waals surface area contributed by atoms with Crippen molar-refractivity contribution < 1.29 is 0 Å². The van der Waals surface area contributed by atoms with Crippen LogP contribution in [0.2, 0.25) is 0 Å². The lowest BCUT2D eigenvalue weighted by Crippen LogP contribution is -2.15. The Balaban J connectivity index is 1.34. The highest BCUT2D eigenvalue weighted by Crippen LogP contribution is 2.43. The molecule has 0 atom stereocenters. The predicted octanol–water partition coefficient (Wildman–Crippen LogP) is 14.0. The highest BCUT2D eigenvalue weighted by Gasteiger charge is 2.26. The van der Waals surface area contributed by atoms with E-state index in [1.165, 1.54) is 50.1 Å². The quantitative estimate of drug-likeness (QED) is 0.139. The van der Waals surface area contributed by atoms with Gasteiger partial charge in [0.1, 0.15) is 0 Å². The first-order valence-corrected chi connectivity index (χ1v) is 19.4. The largest absolute Gasteiger partial charge is 0.279 e. The Bertz CT molecular complexity index is 2470. The lowest BCUT2D eigenvalue weighted by atomic mass is 9.77. The van der Waals surface area contributed by atoms with E-state index in [4.69, 9.17) is 9.97 Å². The van der Waals surface area contributed by atoms with Gasteiger partial charge in [0, 0.05) is 23.4 Å². The van der Waals surface area contributed by atoms with E-state index in [1.807, 2.05) is 18.3 Å². The Morgan fingerprint density at radius 1 is 0.411 bits per heavy atom. The molecule has 274 valence electrons. The minimum Gasteiger partial charge on any atom is -0.279 e. The average molecular weight is 726 g/mol. The van der Waals surface area contributed by atoms with Crippen LogP contribution in [0.4, 0.5) is 17.3 Å². The minimum atomic E-state index is 0.0717. The summed E-state index contributed by atoms with van der Waals surface area (Å²) >= 11 is 0. The normalized spacial score (nSPS) is 11.2. The second kappa shape index (κ2) is 15.6. The Kier molecular flexibility index (Phi) is 10.2. The lowest BCUT2D eigenvalue weighted by Gasteiger charge is -2.28. The van der Waals surface area contributed by atoms with Crippen molar-refractivity contribution >= 4 is 17.3 Å². The molecule has 3 heteroatoms. The molecule has 8 rings (SSSR count). The van der Waals surface area contributed by atoms with E-state index in [1.54, 1.807) is 0 Å². The zero-order valence-electron chi connectivity index (χ0n) is 33.1. The predicted molar refractivity (Wildman–Crippen MR) is 235 cm³/mol. The number of aromatic nitrogens is 2. The van der Waals surface area contributed by atoms with Crippen LogP contribution in [0.1, 0.15) is 56.0 Å². The van der Waals surface area contributed by atoms with Gasteiger partial charge in [-0.25, -0.2) is 9.97 Å². The molecule has 0 fully saturated rings. The van der Waals surface area contributed by atoms with Crippen LogP contribution in [0.5, 0.6) is 0 Å². The van der Waals surface area contributed by atoms with Crippen molar-refractivity contribution in [3.05, 3.63) is 220 Å². The molecule has 56 heavy (non-hydrogen) atoms. The van der Waals surface area contributed by atoms with Crippen LogP contribution in [0, 0.1) is 41.5 Å². The highest BCUT2D eigenvalue weighted by molar-refractivity contribution is 5.84. The summed E-state index contributed by atoms with van der Waals surface area (Å²) in [4.78, 5) is 12.4. The fourth-order valence-corrected chi connectivity index (χ4v) is 8.53. The van der Waals surface area contributed by atoms with Crippen LogP contribution in [0.25, 0.3) is 33.5 Å². The second-order valence-corrected chi connectivity index (χ2v) is 15.1. The molecule has 0 aliphatic rings. The molecule has 0 aliphatic heterocycles. The van der Waals surface area contributed by atoms with Crippen molar-refractivity contribution in [1.82, 2.24) is 9.97 Å². The fraction of sp³-hybridized carbons (Fsp3) is 0.132. The molecule has 3 nitrogen and oxygen atoms in total. The Morgan fingerprint density at radius 2 is 0.857 bits per heavy atom. The third-order valence-corrected chi connectivity index (χ3v) is 10.8. The molecule has 0 amide bonds. The zero-order valence-corrected chi connectivity index (χ0v) is 33.1. The number of nitrogens with zero attached hydrogens (tertiary/aromatic N) is 3. The Labute approximate surface area is 332 Å². The number of hydrogen-bond acceptors (Lipinski definition) is 3. The maximum atomic E-state index is 5.23.